The third-order valence-electron chi connectivity index (χ3n) is 8.38. The minimum Gasteiger partial charge on any atom is -0.461 e. The number of nitrogens with zero attached hydrogens (tertiary/aromatic N) is 3. The van der Waals surface area contributed by atoms with E-state index in [0.29, 0.717) is 5.92 Å². The van der Waals surface area contributed by atoms with Gasteiger partial charge in [0.25, 0.3) is 0 Å². The van der Waals surface area contributed by atoms with Gasteiger partial charge in [0.1, 0.15) is 12.0 Å². The molecule has 1 saturated carbocycles. The Morgan fingerprint density at radius 1 is 1.30 bits per heavy atom. The van der Waals surface area contributed by atoms with Crippen molar-refractivity contribution >= 4 is 11.9 Å². The number of carbonyl (C=O) groups excluding carboxylic acids is 1. The summed E-state index contributed by atoms with van der Waals surface area (Å²) in [7, 11) is 0. The van der Waals surface area contributed by atoms with Crippen LogP contribution < -0.4 is 9.80 Å². The quantitative estimate of drug-likeness (QED) is 0.554. The molecule has 0 aromatic carbocycles. The standard InChI is InChI=1S/C23H32N4O3/c1-15-5-3-6-16-13-18-19(20(28)23(15,16)2)17(21(29)30-18)14-26-9-11-27(12-10-26)22-24-7-4-8-25-22/h4,6-8,15,17-20,28H,3,5,9-14H2,1-2H3/p+1/t15-,17-,18+,19+,20-,23+/m0/s1. The second-order valence-corrected chi connectivity index (χ2v) is 9.79. The Kier molecular flexibility index (Phi) is 5.06. The molecule has 1 aromatic heterocycles. The van der Waals surface area contributed by atoms with E-state index in [0.717, 1.165) is 57.9 Å². The van der Waals surface area contributed by atoms with Crippen molar-refractivity contribution < 1.29 is 19.5 Å². The summed E-state index contributed by atoms with van der Waals surface area (Å²) in [6.45, 7) is 8.82. The average Bonchev–Trinajstić information content (AvgIpc) is 3.07. The van der Waals surface area contributed by atoms with Crippen molar-refractivity contribution in [3.8, 4) is 0 Å². The highest BCUT2D eigenvalue weighted by atomic mass is 16.6. The van der Waals surface area contributed by atoms with E-state index >= 15 is 0 Å². The molecule has 3 fully saturated rings. The van der Waals surface area contributed by atoms with Crippen LogP contribution in [0.2, 0.25) is 0 Å². The fraction of sp³-hybridized carbons (Fsp3) is 0.696. The second-order valence-electron chi connectivity index (χ2n) is 9.79. The van der Waals surface area contributed by atoms with E-state index in [1.807, 2.05) is 6.07 Å². The maximum absolute atomic E-state index is 12.8. The number of hydrogen-bond donors (Lipinski definition) is 2. The molecule has 162 valence electrons. The highest BCUT2D eigenvalue weighted by Gasteiger charge is 2.60. The maximum Gasteiger partial charge on any atom is 0.315 e. The number of carbonyl (C=O) groups is 1. The number of fused-ring (bicyclic) bond motifs is 2. The topological polar surface area (TPSA) is 80.0 Å². The predicted octanol–water partition coefficient (Wildman–Crippen LogP) is 0.467. The molecule has 0 bridgehead atoms. The molecule has 0 amide bonds. The van der Waals surface area contributed by atoms with E-state index in [-0.39, 0.29) is 29.3 Å². The fourth-order valence-electron chi connectivity index (χ4n) is 6.29. The van der Waals surface area contributed by atoms with Gasteiger partial charge in [-0.15, -0.1) is 0 Å². The van der Waals surface area contributed by atoms with Crippen LogP contribution in [0.3, 0.4) is 0 Å². The summed E-state index contributed by atoms with van der Waals surface area (Å²) in [5, 5.41) is 11.5. The number of aliphatic hydroxyl groups is 1. The molecule has 3 heterocycles. The highest BCUT2D eigenvalue weighted by molar-refractivity contribution is 5.76. The van der Waals surface area contributed by atoms with E-state index in [9.17, 15) is 9.90 Å². The molecule has 7 heteroatoms. The summed E-state index contributed by atoms with van der Waals surface area (Å²) in [4.78, 5) is 25.2. The first-order chi connectivity index (χ1) is 14.5. The third kappa shape index (κ3) is 3.14. The Hall–Kier alpha value is -1.99. The van der Waals surface area contributed by atoms with E-state index in [2.05, 4.69) is 34.8 Å². The van der Waals surface area contributed by atoms with Crippen molar-refractivity contribution in [1.29, 1.82) is 0 Å². The van der Waals surface area contributed by atoms with Gasteiger partial charge in [-0.1, -0.05) is 25.5 Å². The van der Waals surface area contributed by atoms with Gasteiger partial charge in [-0.3, -0.25) is 4.79 Å². The van der Waals surface area contributed by atoms with Crippen molar-refractivity contribution in [2.24, 2.45) is 23.2 Å². The van der Waals surface area contributed by atoms with Crippen molar-refractivity contribution in [2.75, 3.05) is 37.6 Å². The van der Waals surface area contributed by atoms with Gasteiger partial charge >= 0.3 is 5.97 Å². The largest absolute Gasteiger partial charge is 0.461 e. The molecule has 30 heavy (non-hydrogen) atoms. The van der Waals surface area contributed by atoms with Gasteiger partial charge < -0.3 is 19.6 Å². The van der Waals surface area contributed by atoms with Crippen molar-refractivity contribution in [2.45, 2.75) is 45.3 Å². The number of quaternary nitrogens is 1. The number of ether oxygens (including phenoxy) is 1. The molecule has 0 spiro atoms. The zero-order valence-electron chi connectivity index (χ0n) is 18.0. The first-order valence-corrected chi connectivity index (χ1v) is 11.4. The van der Waals surface area contributed by atoms with Crippen LogP contribution in [0.25, 0.3) is 0 Å². The van der Waals surface area contributed by atoms with E-state index in [4.69, 9.17) is 4.74 Å². The first-order valence-electron chi connectivity index (χ1n) is 11.4. The summed E-state index contributed by atoms with van der Waals surface area (Å²) in [6.07, 6.45) is 8.10. The molecule has 0 radical (unpaired) electrons. The molecule has 0 unspecified atom stereocenters. The Balaban J connectivity index is 1.28. The van der Waals surface area contributed by atoms with E-state index in [1.165, 1.54) is 10.5 Å². The predicted molar refractivity (Wildman–Crippen MR) is 112 cm³/mol. The summed E-state index contributed by atoms with van der Waals surface area (Å²) in [5.74, 6) is 0.778. The maximum atomic E-state index is 12.8. The molecule has 6 atom stereocenters. The molecular weight excluding hydrogens is 380 g/mol. The number of hydrogen-bond acceptors (Lipinski definition) is 6. The lowest BCUT2D eigenvalue weighted by Gasteiger charge is -2.51. The zero-order chi connectivity index (χ0) is 20.9. The molecule has 2 aliphatic carbocycles. The molecule has 2 aliphatic heterocycles. The number of aromatic nitrogens is 2. The van der Waals surface area contributed by atoms with Crippen molar-refractivity contribution in [3.05, 3.63) is 30.1 Å². The molecular formula is C23H33N4O3+. The van der Waals surface area contributed by atoms with Gasteiger partial charge in [-0.2, -0.15) is 0 Å². The summed E-state index contributed by atoms with van der Waals surface area (Å²) < 4.78 is 5.83. The monoisotopic (exact) mass is 413 g/mol. The Bertz CT molecular complexity index is 823. The number of esters is 1. The highest BCUT2D eigenvalue weighted by Crippen LogP contribution is 2.55. The van der Waals surface area contributed by atoms with Gasteiger partial charge in [0.15, 0.2) is 0 Å². The van der Waals surface area contributed by atoms with Crippen LogP contribution in [0.4, 0.5) is 5.95 Å². The minimum atomic E-state index is -0.521. The van der Waals surface area contributed by atoms with E-state index in [1.54, 1.807) is 12.4 Å². The third-order valence-corrected chi connectivity index (χ3v) is 8.38. The number of anilines is 1. The average molecular weight is 414 g/mol. The molecule has 5 rings (SSSR count). The lowest BCUT2D eigenvalue weighted by molar-refractivity contribution is -0.903. The second kappa shape index (κ2) is 7.61. The van der Waals surface area contributed by atoms with Crippen LogP contribution in [0.5, 0.6) is 0 Å². The zero-order valence-corrected chi connectivity index (χ0v) is 18.0. The molecule has 7 nitrogen and oxygen atoms in total. The number of allylic oxidation sites excluding steroid dienone is 1. The molecule has 2 saturated heterocycles. The van der Waals surface area contributed by atoms with Crippen molar-refractivity contribution in [3.63, 3.8) is 0 Å². The fourth-order valence-corrected chi connectivity index (χ4v) is 6.29. The number of piperazine rings is 1. The van der Waals surface area contributed by atoms with Crippen molar-refractivity contribution in [1.82, 2.24) is 9.97 Å². The lowest BCUT2D eigenvalue weighted by atomic mass is 9.55. The van der Waals surface area contributed by atoms with Crippen LogP contribution in [0, 0.1) is 23.2 Å². The van der Waals surface area contributed by atoms with Gasteiger partial charge in [0, 0.05) is 30.1 Å². The van der Waals surface area contributed by atoms with Crippen LogP contribution in [0.15, 0.2) is 30.1 Å². The Morgan fingerprint density at radius 3 is 2.77 bits per heavy atom. The van der Waals surface area contributed by atoms with Gasteiger partial charge in [-0.25, -0.2) is 9.97 Å². The number of rotatable bonds is 3. The summed E-state index contributed by atoms with van der Waals surface area (Å²) >= 11 is 0. The van der Waals surface area contributed by atoms with Crippen LogP contribution in [-0.2, 0) is 9.53 Å². The van der Waals surface area contributed by atoms with Gasteiger partial charge in [-0.05, 0) is 24.8 Å². The first kappa shape index (κ1) is 19.9. The minimum absolute atomic E-state index is 0.0943. The molecule has 1 aromatic rings. The lowest BCUT2D eigenvalue weighted by Crippen LogP contribution is -3.15. The summed E-state index contributed by atoms with van der Waals surface area (Å²) in [6, 6.07) is 1.83. The van der Waals surface area contributed by atoms with Crippen LogP contribution >= 0.6 is 0 Å². The SMILES string of the molecule is C[C@H]1CCC=C2C[C@H]3OC(=O)[C@@H](C[NH+]4CCN(c5ncccn5)CC4)[C@H]3[C@H](O)[C@@]21C. The Morgan fingerprint density at radius 2 is 2.03 bits per heavy atom. The van der Waals surface area contributed by atoms with Gasteiger partial charge in [0.05, 0.1) is 38.8 Å². The summed E-state index contributed by atoms with van der Waals surface area (Å²) in [5.41, 5.74) is 1.07. The molecule has 2 N–H and O–H groups in total. The van der Waals surface area contributed by atoms with Crippen LogP contribution in [0.1, 0.15) is 33.1 Å². The Labute approximate surface area is 178 Å². The number of aliphatic hydroxyl groups excluding tert-OH is 1. The normalized spacial score (nSPS) is 39.2. The number of nitrogens with one attached hydrogen (secondary N) is 1. The molecule has 4 aliphatic rings. The van der Waals surface area contributed by atoms with Crippen LogP contribution in [-0.4, -0.2) is 66.0 Å². The van der Waals surface area contributed by atoms with E-state index < -0.39 is 6.10 Å². The van der Waals surface area contributed by atoms with Gasteiger partial charge in [0.2, 0.25) is 5.95 Å². The smallest absolute Gasteiger partial charge is 0.315 e.